The fourth-order valence-electron chi connectivity index (χ4n) is 3.34. The summed E-state index contributed by atoms with van der Waals surface area (Å²) < 4.78 is 13.4. The van der Waals surface area contributed by atoms with Gasteiger partial charge in [0, 0.05) is 37.6 Å². The molecule has 6 nitrogen and oxygen atoms in total. The maximum Gasteiger partial charge on any atom is 0.255 e. The minimum atomic E-state index is -0.356. The van der Waals surface area contributed by atoms with Gasteiger partial charge < -0.3 is 16.0 Å². The number of amides is 2. The van der Waals surface area contributed by atoms with Gasteiger partial charge in [0.25, 0.3) is 5.91 Å². The zero-order chi connectivity index (χ0) is 18.7. The number of hydrogen-bond acceptors (Lipinski definition) is 4. The van der Waals surface area contributed by atoms with Crippen molar-refractivity contribution >= 4 is 22.7 Å². The van der Waals surface area contributed by atoms with Crippen molar-refractivity contribution in [2.45, 2.75) is 19.8 Å². The fraction of sp³-hybridized carbons (Fsp3) is 0.421. The summed E-state index contributed by atoms with van der Waals surface area (Å²) in [5, 5.41) is 3.51. The predicted octanol–water partition coefficient (Wildman–Crippen LogP) is 1.61. The largest absolute Gasteiger partial charge is 0.355 e. The quantitative estimate of drug-likeness (QED) is 0.869. The van der Waals surface area contributed by atoms with E-state index in [0.29, 0.717) is 43.0 Å². The molecule has 1 aromatic carbocycles. The van der Waals surface area contributed by atoms with Crippen LogP contribution in [-0.2, 0) is 4.79 Å². The zero-order valence-electron chi connectivity index (χ0n) is 14.8. The van der Waals surface area contributed by atoms with Gasteiger partial charge in [-0.3, -0.25) is 14.6 Å². The van der Waals surface area contributed by atoms with Crippen LogP contribution in [0, 0.1) is 18.7 Å². The normalized spacial score (nSPS) is 17.3. The number of pyridine rings is 1. The summed E-state index contributed by atoms with van der Waals surface area (Å²) >= 11 is 0. The monoisotopic (exact) mass is 358 g/mol. The highest BCUT2D eigenvalue weighted by molar-refractivity contribution is 5.99. The molecule has 0 spiro atoms. The van der Waals surface area contributed by atoms with Crippen molar-refractivity contribution in [3.63, 3.8) is 0 Å². The highest BCUT2D eigenvalue weighted by Crippen LogP contribution is 2.22. The summed E-state index contributed by atoms with van der Waals surface area (Å²) in [4.78, 5) is 31.2. The molecule has 2 aromatic rings. The van der Waals surface area contributed by atoms with Crippen LogP contribution in [0.1, 0.15) is 28.9 Å². The van der Waals surface area contributed by atoms with E-state index in [1.807, 2.05) is 0 Å². The van der Waals surface area contributed by atoms with Crippen molar-refractivity contribution in [1.82, 2.24) is 15.2 Å². The number of nitrogens with two attached hydrogens (primary N) is 1. The number of nitrogens with zero attached hydrogens (tertiary/aromatic N) is 2. The molecular weight excluding hydrogens is 335 g/mol. The third-order valence-electron chi connectivity index (χ3n) is 4.72. The fourth-order valence-corrected chi connectivity index (χ4v) is 3.34. The zero-order valence-corrected chi connectivity index (χ0v) is 14.8. The van der Waals surface area contributed by atoms with E-state index in [2.05, 4.69) is 10.3 Å². The number of carbonyl (C=O) groups excluding carboxylic acids is 2. The number of fused-ring (bicyclic) bond motifs is 1. The number of carbonyl (C=O) groups is 2. The molecule has 3 N–H and O–H groups in total. The topological polar surface area (TPSA) is 88.3 Å². The second-order valence-electron chi connectivity index (χ2n) is 6.63. The van der Waals surface area contributed by atoms with Crippen molar-refractivity contribution in [3.8, 4) is 0 Å². The van der Waals surface area contributed by atoms with E-state index in [-0.39, 0.29) is 23.5 Å². The molecule has 1 unspecified atom stereocenters. The van der Waals surface area contributed by atoms with Gasteiger partial charge in [0.2, 0.25) is 5.91 Å². The smallest absolute Gasteiger partial charge is 0.255 e. The molecule has 2 amide bonds. The van der Waals surface area contributed by atoms with Crippen LogP contribution in [0.3, 0.4) is 0 Å². The lowest BCUT2D eigenvalue weighted by atomic mass is 9.96. The van der Waals surface area contributed by atoms with Gasteiger partial charge in [0.05, 0.1) is 22.7 Å². The van der Waals surface area contributed by atoms with Crippen LogP contribution in [0.25, 0.3) is 10.9 Å². The van der Waals surface area contributed by atoms with Crippen LogP contribution >= 0.6 is 0 Å². The molecule has 1 atom stereocenters. The first-order valence-electron chi connectivity index (χ1n) is 8.83. The number of halogens is 1. The Hall–Kier alpha value is -2.54. The molecular formula is C19H23FN4O2. The molecule has 1 fully saturated rings. The Morgan fingerprint density at radius 1 is 1.38 bits per heavy atom. The number of piperidine rings is 1. The highest BCUT2D eigenvalue weighted by atomic mass is 19.1. The molecule has 0 bridgehead atoms. The lowest BCUT2D eigenvalue weighted by Crippen LogP contribution is -2.46. The third kappa shape index (κ3) is 3.83. The highest BCUT2D eigenvalue weighted by Gasteiger charge is 2.29. The molecule has 138 valence electrons. The first kappa shape index (κ1) is 18.3. The van der Waals surface area contributed by atoms with E-state index in [9.17, 15) is 14.0 Å². The molecule has 0 saturated carbocycles. The molecule has 7 heteroatoms. The Labute approximate surface area is 151 Å². The predicted molar refractivity (Wildman–Crippen MR) is 97.1 cm³/mol. The minimum Gasteiger partial charge on any atom is -0.355 e. The second-order valence-corrected chi connectivity index (χ2v) is 6.63. The average molecular weight is 358 g/mol. The maximum atomic E-state index is 13.4. The van der Waals surface area contributed by atoms with Gasteiger partial charge >= 0.3 is 0 Å². The van der Waals surface area contributed by atoms with Gasteiger partial charge in [-0.15, -0.1) is 0 Å². The number of aryl methyl sites for hydroxylation is 1. The molecule has 0 aliphatic carbocycles. The summed E-state index contributed by atoms with van der Waals surface area (Å²) in [6.07, 6.45) is 1.53. The van der Waals surface area contributed by atoms with E-state index in [1.54, 1.807) is 24.0 Å². The SMILES string of the molecule is Cc1nc2cc(F)ccc2cc1C(=O)N1CCCC(C(=O)NCCN)C1. The first-order valence-corrected chi connectivity index (χ1v) is 8.83. The van der Waals surface area contributed by atoms with Crippen LogP contribution in [0.2, 0.25) is 0 Å². The van der Waals surface area contributed by atoms with Gasteiger partial charge in [-0.25, -0.2) is 4.39 Å². The van der Waals surface area contributed by atoms with Gasteiger partial charge in [-0.05, 0) is 38.0 Å². The van der Waals surface area contributed by atoms with E-state index in [4.69, 9.17) is 5.73 Å². The molecule has 1 saturated heterocycles. The van der Waals surface area contributed by atoms with Crippen LogP contribution in [0.4, 0.5) is 4.39 Å². The number of aromatic nitrogens is 1. The number of nitrogens with one attached hydrogen (secondary N) is 1. The van der Waals surface area contributed by atoms with Crippen LogP contribution in [0.15, 0.2) is 24.3 Å². The number of rotatable bonds is 4. The first-order chi connectivity index (χ1) is 12.5. The molecule has 26 heavy (non-hydrogen) atoms. The van der Waals surface area contributed by atoms with Gasteiger partial charge in [-0.1, -0.05) is 0 Å². The third-order valence-corrected chi connectivity index (χ3v) is 4.72. The van der Waals surface area contributed by atoms with E-state index in [1.165, 1.54) is 12.1 Å². The van der Waals surface area contributed by atoms with Crippen molar-refractivity contribution in [2.24, 2.45) is 11.7 Å². The van der Waals surface area contributed by atoms with Gasteiger partial charge in [0.1, 0.15) is 5.82 Å². The van der Waals surface area contributed by atoms with Crippen molar-refractivity contribution in [1.29, 1.82) is 0 Å². The number of likely N-dealkylation sites (tertiary alicyclic amines) is 1. The Morgan fingerprint density at radius 3 is 2.96 bits per heavy atom. The van der Waals surface area contributed by atoms with Crippen molar-refractivity contribution in [2.75, 3.05) is 26.2 Å². The molecule has 1 aromatic heterocycles. The molecule has 2 heterocycles. The molecule has 1 aliphatic rings. The second kappa shape index (κ2) is 7.78. The Bertz CT molecular complexity index is 840. The summed E-state index contributed by atoms with van der Waals surface area (Å²) in [5.41, 5.74) is 7.00. The lowest BCUT2D eigenvalue weighted by Gasteiger charge is -2.32. The van der Waals surface area contributed by atoms with Gasteiger partial charge in [0.15, 0.2) is 0 Å². The summed E-state index contributed by atoms with van der Waals surface area (Å²) in [7, 11) is 0. The number of hydrogen-bond donors (Lipinski definition) is 2. The molecule has 1 aliphatic heterocycles. The number of benzene rings is 1. The molecule has 0 radical (unpaired) electrons. The van der Waals surface area contributed by atoms with Crippen molar-refractivity contribution < 1.29 is 14.0 Å². The minimum absolute atomic E-state index is 0.0585. The Balaban J connectivity index is 1.80. The van der Waals surface area contributed by atoms with E-state index in [0.717, 1.165) is 18.2 Å². The standard InChI is InChI=1S/C19H23FN4O2/c1-12-16(9-13-4-5-15(20)10-17(13)23-12)19(26)24-8-2-3-14(11-24)18(25)22-7-6-21/h4-5,9-10,14H,2-3,6-8,11,21H2,1H3,(H,22,25). The van der Waals surface area contributed by atoms with Crippen LogP contribution in [0.5, 0.6) is 0 Å². The van der Waals surface area contributed by atoms with Gasteiger partial charge in [-0.2, -0.15) is 0 Å². The Morgan fingerprint density at radius 2 is 2.19 bits per heavy atom. The Kier molecular flexibility index (Phi) is 5.46. The van der Waals surface area contributed by atoms with Crippen LogP contribution < -0.4 is 11.1 Å². The molecule has 3 rings (SSSR count). The summed E-state index contributed by atoms with van der Waals surface area (Å²) in [6, 6.07) is 6.08. The van der Waals surface area contributed by atoms with E-state index >= 15 is 0 Å². The van der Waals surface area contributed by atoms with E-state index < -0.39 is 0 Å². The van der Waals surface area contributed by atoms with Crippen LogP contribution in [-0.4, -0.2) is 47.9 Å². The van der Waals surface area contributed by atoms with Crippen molar-refractivity contribution in [3.05, 3.63) is 41.3 Å². The maximum absolute atomic E-state index is 13.4. The summed E-state index contributed by atoms with van der Waals surface area (Å²) in [6.45, 7) is 3.57. The lowest BCUT2D eigenvalue weighted by molar-refractivity contribution is -0.126. The summed E-state index contributed by atoms with van der Waals surface area (Å²) in [5.74, 6) is -0.776. The average Bonchev–Trinajstić information content (AvgIpc) is 2.65.